The van der Waals surface area contributed by atoms with Crippen molar-refractivity contribution in [3.05, 3.63) is 6.92 Å². The minimum absolute atomic E-state index is 0.299. The summed E-state index contributed by atoms with van der Waals surface area (Å²) in [5.74, 6) is 0. The molecular formula is C4H9Te. The molecule has 0 heterocycles. The van der Waals surface area contributed by atoms with Gasteiger partial charge in [-0.05, 0) is 0 Å². The van der Waals surface area contributed by atoms with Gasteiger partial charge in [0.15, 0.2) is 0 Å². The second kappa shape index (κ2) is 3.00. The van der Waals surface area contributed by atoms with Crippen LogP contribution in [0.4, 0.5) is 0 Å². The first kappa shape index (κ1) is 5.79. The predicted molar refractivity (Wildman–Crippen MR) is 26.4 cm³/mol. The third-order valence-electron chi connectivity index (χ3n) is 0.402. The predicted octanol–water partition coefficient (Wildman–Crippen LogP) is 1.38. The fraction of sp³-hybridized carbons (Fsp3) is 0.750. The fourth-order valence-corrected chi connectivity index (χ4v) is 0. The molecule has 0 aromatic carbocycles. The fourth-order valence-electron chi connectivity index (χ4n) is 0. The van der Waals surface area contributed by atoms with Crippen molar-refractivity contribution in [2.75, 3.05) is 0 Å². The first-order valence-electron chi connectivity index (χ1n) is 1.63. The Morgan fingerprint density at radius 3 is 2.00 bits per heavy atom. The van der Waals surface area contributed by atoms with Crippen LogP contribution in [0.3, 0.4) is 0 Å². The summed E-state index contributed by atoms with van der Waals surface area (Å²) >= 11 is 0.299. The first-order chi connectivity index (χ1) is 2.27. The maximum absolute atomic E-state index is 3.81. The molecule has 0 rings (SSSR count). The van der Waals surface area contributed by atoms with Crippen molar-refractivity contribution in [1.29, 1.82) is 0 Å². The van der Waals surface area contributed by atoms with Crippen LogP contribution in [0.1, 0.15) is 6.92 Å². The molecule has 0 nitrogen and oxygen atoms in total. The van der Waals surface area contributed by atoms with Crippen LogP contribution < -0.4 is 0 Å². The molecule has 0 N–H and O–H groups in total. The first-order valence-corrected chi connectivity index (χ1v) is 5.31. The van der Waals surface area contributed by atoms with Gasteiger partial charge < -0.3 is 0 Å². The second-order valence-electron chi connectivity index (χ2n) is 1.05. The molecule has 0 saturated heterocycles. The standard InChI is InChI=1S/C4H9Te/c1-4(2)5-3/h4H,1H2,2-3H3. The summed E-state index contributed by atoms with van der Waals surface area (Å²) in [5.41, 5.74) is 0. The molecule has 0 aliphatic heterocycles. The van der Waals surface area contributed by atoms with E-state index in [0.717, 1.165) is 3.97 Å². The Morgan fingerprint density at radius 2 is 2.00 bits per heavy atom. The molecular weight excluding hydrogens is 176 g/mol. The molecule has 0 amide bonds. The Bertz CT molecular complexity index is 17.6. The van der Waals surface area contributed by atoms with Gasteiger partial charge in [-0.15, -0.1) is 0 Å². The average Bonchev–Trinajstić information content (AvgIpc) is 1.38. The summed E-state index contributed by atoms with van der Waals surface area (Å²) in [7, 11) is 0. The summed E-state index contributed by atoms with van der Waals surface area (Å²) in [6.45, 7) is 5.98. The van der Waals surface area contributed by atoms with E-state index in [2.05, 4.69) is 18.8 Å². The van der Waals surface area contributed by atoms with Crippen LogP contribution in [0.15, 0.2) is 0 Å². The number of rotatable bonds is 1. The zero-order valence-electron chi connectivity index (χ0n) is 3.69. The second-order valence-corrected chi connectivity index (χ2v) is 4.69. The van der Waals surface area contributed by atoms with Crippen LogP contribution in [0.25, 0.3) is 0 Å². The van der Waals surface area contributed by atoms with Gasteiger partial charge >= 0.3 is 43.7 Å². The molecule has 1 atom stereocenters. The summed E-state index contributed by atoms with van der Waals surface area (Å²) in [5, 5.41) is 0. The third kappa shape index (κ3) is 4.79. The van der Waals surface area contributed by atoms with E-state index in [9.17, 15) is 0 Å². The van der Waals surface area contributed by atoms with E-state index in [1.165, 1.54) is 0 Å². The van der Waals surface area contributed by atoms with Gasteiger partial charge in [0.05, 0.1) is 0 Å². The molecule has 0 aromatic rings. The van der Waals surface area contributed by atoms with E-state index >= 15 is 0 Å². The van der Waals surface area contributed by atoms with Crippen molar-refractivity contribution in [1.82, 2.24) is 0 Å². The SMILES string of the molecule is [CH2]C(C)[Te]C. The van der Waals surface area contributed by atoms with Crippen molar-refractivity contribution in [2.45, 2.75) is 15.9 Å². The van der Waals surface area contributed by atoms with Crippen LogP contribution in [-0.2, 0) is 0 Å². The Balaban J connectivity index is 2.54. The van der Waals surface area contributed by atoms with Crippen LogP contribution in [0, 0.1) is 6.92 Å². The van der Waals surface area contributed by atoms with Crippen LogP contribution in [0.5, 0.6) is 0 Å². The van der Waals surface area contributed by atoms with Crippen LogP contribution in [-0.4, -0.2) is 20.9 Å². The van der Waals surface area contributed by atoms with E-state index in [1.54, 1.807) is 0 Å². The van der Waals surface area contributed by atoms with Gasteiger partial charge in [-0.1, -0.05) is 0 Å². The Labute approximate surface area is 44.0 Å². The molecule has 1 unspecified atom stereocenters. The monoisotopic (exact) mass is 187 g/mol. The molecule has 31 valence electrons. The number of hydrogen-bond acceptors (Lipinski definition) is 0. The molecule has 0 fully saturated rings. The van der Waals surface area contributed by atoms with E-state index in [1.807, 2.05) is 0 Å². The van der Waals surface area contributed by atoms with Crippen molar-refractivity contribution in [3.63, 3.8) is 0 Å². The summed E-state index contributed by atoms with van der Waals surface area (Å²) < 4.78 is 0.764. The molecule has 0 spiro atoms. The van der Waals surface area contributed by atoms with Crippen LogP contribution >= 0.6 is 0 Å². The van der Waals surface area contributed by atoms with Gasteiger partial charge in [0.25, 0.3) is 0 Å². The Morgan fingerprint density at radius 1 is 1.80 bits per heavy atom. The van der Waals surface area contributed by atoms with Gasteiger partial charge in [-0.25, -0.2) is 0 Å². The summed E-state index contributed by atoms with van der Waals surface area (Å²) in [6.07, 6.45) is 0. The van der Waals surface area contributed by atoms with Crippen molar-refractivity contribution >= 4 is 20.9 Å². The topological polar surface area (TPSA) is 0 Å². The zero-order chi connectivity index (χ0) is 4.28. The van der Waals surface area contributed by atoms with E-state index in [4.69, 9.17) is 0 Å². The van der Waals surface area contributed by atoms with Gasteiger partial charge in [0.2, 0.25) is 0 Å². The van der Waals surface area contributed by atoms with Crippen LogP contribution in [0.2, 0.25) is 8.94 Å². The minimum atomic E-state index is 0.299. The van der Waals surface area contributed by atoms with Gasteiger partial charge in [0, 0.05) is 0 Å². The molecule has 0 aromatic heterocycles. The Hall–Kier alpha value is 0.790. The molecule has 0 aliphatic rings. The molecule has 0 aliphatic carbocycles. The third-order valence-corrected chi connectivity index (χ3v) is 2.70. The van der Waals surface area contributed by atoms with E-state index in [0.29, 0.717) is 20.9 Å². The average molecular weight is 185 g/mol. The quantitative estimate of drug-likeness (QED) is 0.541. The summed E-state index contributed by atoms with van der Waals surface area (Å²) in [4.78, 5) is 2.27. The molecule has 5 heavy (non-hydrogen) atoms. The molecule has 0 bridgehead atoms. The van der Waals surface area contributed by atoms with Gasteiger partial charge in [-0.2, -0.15) is 0 Å². The molecule has 1 heteroatoms. The van der Waals surface area contributed by atoms with Crippen molar-refractivity contribution in [2.24, 2.45) is 0 Å². The molecule has 1 radical (unpaired) electrons. The zero-order valence-corrected chi connectivity index (χ0v) is 6.02. The van der Waals surface area contributed by atoms with Gasteiger partial charge in [-0.3, -0.25) is 0 Å². The normalized spacial score (nSPS) is 9.60. The maximum atomic E-state index is 3.81. The van der Waals surface area contributed by atoms with Crippen molar-refractivity contribution in [3.8, 4) is 0 Å². The van der Waals surface area contributed by atoms with Gasteiger partial charge in [0.1, 0.15) is 0 Å². The van der Waals surface area contributed by atoms with E-state index in [-0.39, 0.29) is 0 Å². The number of hydrogen-bond donors (Lipinski definition) is 0. The summed E-state index contributed by atoms with van der Waals surface area (Å²) in [6, 6.07) is 0. The molecule has 0 saturated carbocycles. The van der Waals surface area contributed by atoms with E-state index < -0.39 is 0 Å². The Kier molecular flexibility index (Phi) is 3.47. The van der Waals surface area contributed by atoms with Crippen molar-refractivity contribution < 1.29 is 0 Å².